The van der Waals surface area contributed by atoms with Crippen molar-refractivity contribution in [2.75, 3.05) is 13.2 Å². The second-order valence-electron chi connectivity index (χ2n) is 2.83. The molecule has 1 fully saturated rings. The molecule has 9 heavy (non-hydrogen) atoms. The van der Waals surface area contributed by atoms with E-state index in [-0.39, 0.29) is 0 Å². The van der Waals surface area contributed by atoms with E-state index in [1.807, 2.05) is 0 Å². The van der Waals surface area contributed by atoms with E-state index in [0.29, 0.717) is 12.1 Å². The monoisotopic (exact) mass is 129 g/mol. The Hall–Kier alpha value is -0.0800. The van der Waals surface area contributed by atoms with Crippen molar-refractivity contribution in [1.29, 1.82) is 0 Å². The van der Waals surface area contributed by atoms with Gasteiger partial charge < -0.3 is 10.1 Å². The Bertz CT molecular complexity index is 75.0. The van der Waals surface area contributed by atoms with Crippen molar-refractivity contribution in [2.24, 2.45) is 0 Å². The lowest BCUT2D eigenvalue weighted by Crippen LogP contribution is -2.34. The Morgan fingerprint density at radius 3 is 2.89 bits per heavy atom. The summed E-state index contributed by atoms with van der Waals surface area (Å²) in [5.41, 5.74) is 0. The first-order valence-corrected chi connectivity index (χ1v) is 3.63. The Kier molecular flexibility index (Phi) is 2.49. The van der Waals surface area contributed by atoms with Gasteiger partial charge in [0.2, 0.25) is 0 Å². The second-order valence-corrected chi connectivity index (χ2v) is 2.83. The van der Waals surface area contributed by atoms with Gasteiger partial charge in [-0.1, -0.05) is 0 Å². The topological polar surface area (TPSA) is 21.3 Å². The molecule has 2 nitrogen and oxygen atoms in total. The number of hydrogen-bond acceptors (Lipinski definition) is 2. The molecule has 54 valence electrons. The molecule has 1 rings (SSSR count). The summed E-state index contributed by atoms with van der Waals surface area (Å²) >= 11 is 0. The predicted molar refractivity (Wildman–Crippen MR) is 37.5 cm³/mol. The van der Waals surface area contributed by atoms with E-state index >= 15 is 0 Å². The summed E-state index contributed by atoms with van der Waals surface area (Å²) in [4.78, 5) is 0. The summed E-state index contributed by atoms with van der Waals surface area (Å²) in [6.07, 6.45) is 1.14. The van der Waals surface area contributed by atoms with Crippen LogP contribution in [0.3, 0.4) is 0 Å². The number of ether oxygens (including phenoxy) is 1. The maximum atomic E-state index is 5.31. The summed E-state index contributed by atoms with van der Waals surface area (Å²) in [6, 6.07) is 1.16. The fourth-order valence-electron chi connectivity index (χ4n) is 1.14. The summed E-state index contributed by atoms with van der Waals surface area (Å²) in [5.74, 6) is 0. The number of hydrogen-bond donors (Lipinski definition) is 1. The van der Waals surface area contributed by atoms with E-state index in [2.05, 4.69) is 19.2 Å². The predicted octanol–water partition coefficient (Wildman–Crippen LogP) is 0.773. The third-order valence-electron chi connectivity index (χ3n) is 1.63. The SMILES string of the molecule is CC1CCOCC(C)N1. The highest BCUT2D eigenvalue weighted by atomic mass is 16.5. The van der Waals surface area contributed by atoms with Crippen LogP contribution < -0.4 is 5.32 Å². The van der Waals surface area contributed by atoms with Gasteiger partial charge in [0.05, 0.1) is 6.61 Å². The molecule has 0 radical (unpaired) electrons. The highest BCUT2D eigenvalue weighted by molar-refractivity contribution is 4.69. The second kappa shape index (κ2) is 3.18. The van der Waals surface area contributed by atoms with Crippen molar-refractivity contribution >= 4 is 0 Å². The number of nitrogens with one attached hydrogen (secondary N) is 1. The highest BCUT2D eigenvalue weighted by Gasteiger charge is 2.10. The van der Waals surface area contributed by atoms with E-state index < -0.39 is 0 Å². The normalized spacial score (nSPS) is 38.0. The van der Waals surface area contributed by atoms with E-state index in [9.17, 15) is 0 Å². The Morgan fingerprint density at radius 2 is 2.11 bits per heavy atom. The molecule has 0 aromatic rings. The summed E-state index contributed by atoms with van der Waals surface area (Å²) < 4.78 is 5.31. The molecule has 0 spiro atoms. The maximum Gasteiger partial charge on any atom is 0.0617 e. The van der Waals surface area contributed by atoms with E-state index in [0.717, 1.165) is 19.6 Å². The van der Waals surface area contributed by atoms with Crippen LogP contribution in [0.25, 0.3) is 0 Å². The molecule has 2 heteroatoms. The van der Waals surface area contributed by atoms with Crippen LogP contribution in [0, 0.1) is 0 Å². The zero-order valence-electron chi connectivity index (χ0n) is 6.18. The standard InChI is InChI=1S/C7H15NO/c1-6-3-4-9-5-7(2)8-6/h6-8H,3-5H2,1-2H3. The summed E-state index contributed by atoms with van der Waals surface area (Å²) in [5, 5.41) is 3.42. The average Bonchev–Trinajstić information content (AvgIpc) is 1.93. The highest BCUT2D eigenvalue weighted by Crippen LogP contribution is 1.99. The van der Waals surface area contributed by atoms with Crippen molar-refractivity contribution in [3.63, 3.8) is 0 Å². The van der Waals surface area contributed by atoms with E-state index in [4.69, 9.17) is 4.74 Å². The van der Waals surface area contributed by atoms with Crippen LogP contribution in [0.1, 0.15) is 20.3 Å². The largest absolute Gasteiger partial charge is 0.380 e. The third kappa shape index (κ3) is 2.33. The molecular formula is C7H15NO. The fraction of sp³-hybridized carbons (Fsp3) is 1.00. The van der Waals surface area contributed by atoms with Crippen LogP contribution in [-0.2, 0) is 4.74 Å². The lowest BCUT2D eigenvalue weighted by atomic mass is 10.2. The first-order valence-electron chi connectivity index (χ1n) is 3.63. The minimum atomic E-state index is 0.530. The van der Waals surface area contributed by atoms with Gasteiger partial charge in [-0.25, -0.2) is 0 Å². The smallest absolute Gasteiger partial charge is 0.0617 e. The van der Waals surface area contributed by atoms with Crippen LogP contribution >= 0.6 is 0 Å². The van der Waals surface area contributed by atoms with E-state index in [1.54, 1.807) is 0 Å². The van der Waals surface area contributed by atoms with Gasteiger partial charge >= 0.3 is 0 Å². The molecular weight excluding hydrogens is 114 g/mol. The van der Waals surface area contributed by atoms with Gasteiger partial charge in [0.25, 0.3) is 0 Å². The molecule has 0 saturated carbocycles. The minimum Gasteiger partial charge on any atom is -0.380 e. The van der Waals surface area contributed by atoms with Crippen molar-refractivity contribution < 1.29 is 4.74 Å². The van der Waals surface area contributed by atoms with Crippen molar-refractivity contribution in [1.82, 2.24) is 5.32 Å². The van der Waals surface area contributed by atoms with Gasteiger partial charge in [-0.2, -0.15) is 0 Å². The van der Waals surface area contributed by atoms with E-state index in [1.165, 1.54) is 0 Å². The lowest BCUT2D eigenvalue weighted by molar-refractivity contribution is 0.134. The van der Waals surface area contributed by atoms with Crippen molar-refractivity contribution in [2.45, 2.75) is 32.4 Å². The van der Waals surface area contributed by atoms with Gasteiger partial charge in [-0.15, -0.1) is 0 Å². The minimum absolute atomic E-state index is 0.530. The molecule has 0 aromatic heterocycles. The molecule has 1 aliphatic rings. The molecule has 0 aliphatic carbocycles. The lowest BCUT2D eigenvalue weighted by Gasteiger charge is -2.12. The van der Waals surface area contributed by atoms with Crippen LogP contribution in [0.5, 0.6) is 0 Å². The molecule has 0 amide bonds. The Balaban J connectivity index is 2.29. The fourth-order valence-corrected chi connectivity index (χ4v) is 1.14. The molecule has 2 atom stereocenters. The number of rotatable bonds is 0. The molecule has 1 saturated heterocycles. The van der Waals surface area contributed by atoms with Gasteiger partial charge in [-0.05, 0) is 20.3 Å². The van der Waals surface area contributed by atoms with Crippen LogP contribution in [0.4, 0.5) is 0 Å². The van der Waals surface area contributed by atoms with Crippen LogP contribution in [0.15, 0.2) is 0 Å². The Labute approximate surface area is 56.6 Å². The third-order valence-corrected chi connectivity index (χ3v) is 1.63. The Morgan fingerprint density at radius 1 is 1.33 bits per heavy atom. The maximum absolute atomic E-state index is 5.31. The van der Waals surface area contributed by atoms with Crippen molar-refractivity contribution in [3.05, 3.63) is 0 Å². The van der Waals surface area contributed by atoms with Gasteiger partial charge in [0.1, 0.15) is 0 Å². The quantitative estimate of drug-likeness (QED) is 0.521. The molecule has 0 bridgehead atoms. The van der Waals surface area contributed by atoms with Gasteiger partial charge in [0.15, 0.2) is 0 Å². The van der Waals surface area contributed by atoms with Gasteiger partial charge in [-0.3, -0.25) is 0 Å². The molecule has 1 aliphatic heterocycles. The first-order chi connectivity index (χ1) is 4.29. The zero-order chi connectivity index (χ0) is 6.69. The average molecular weight is 129 g/mol. The van der Waals surface area contributed by atoms with Crippen LogP contribution in [-0.4, -0.2) is 25.3 Å². The van der Waals surface area contributed by atoms with Gasteiger partial charge in [0, 0.05) is 18.7 Å². The zero-order valence-corrected chi connectivity index (χ0v) is 6.18. The first kappa shape index (κ1) is 7.03. The molecule has 1 heterocycles. The molecule has 2 unspecified atom stereocenters. The van der Waals surface area contributed by atoms with Crippen LogP contribution in [0.2, 0.25) is 0 Å². The summed E-state index contributed by atoms with van der Waals surface area (Å²) in [7, 11) is 0. The summed E-state index contributed by atoms with van der Waals surface area (Å²) in [6.45, 7) is 6.13. The van der Waals surface area contributed by atoms with Crippen molar-refractivity contribution in [3.8, 4) is 0 Å². The molecule has 0 aromatic carbocycles. The molecule has 1 N–H and O–H groups in total.